The number of aryl methyl sites for hydroxylation is 2. The zero-order valence-corrected chi connectivity index (χ0v) is 23.2. The van der Waals surface area contributed by atoms with Gasteiger partial charge >= 0.3 is 0 Å². The molecule has 6 heteroatoms. The van der Waals surface area contributed by atoms with E-state index < -0.39 is 5.60 Å². The third-order valence-electron chi connectivity index (χ3n) is 7.30. The third-order valence-corrected chi connectivity index (χ3v) is 8.04. The molecule has 0 radical (unpaired) electrons. The number of rotatable bonds is 10. The van der Waals surface area contributed by atoms with Crippen molar-refractivity contribution in [3.8, 4) is 0 Å². The van der Waals surface area contributed by atoms with Gasteiger partial charge in [-0.15, -0.1) is 0 Å². The maximum atomic E-state index is 11.2. The first-order valence-corrected chi connectivity index (χ1v) is 13.7. The van der Waals surface area contributed by atoms with Crippen LogP contribution in [0.25, 0.3) is 0 Å². The van der Waals surface area contributed by atoms with Crippen molar-refractivity contribution in [3.63, 3.8) is 0 Å². The molecule has 0 saturated carbocycles. The number of piperidine rings is 1. The van der Waals surface area contributed by atoms with Crippen LogP contribution in [0.4, 0.5) is 0 Å². The summed E-state index contributed by atoms with van der Waals surface area (Å²) in [5.74, 6) is -0.121. The van der Waals surface area contributed by atoms with Gasteiger partial charge in [0.2, 0.25) is 0 Å². The SMILES string of the molecule is Cc1cc(C)cc(COCC(=N)C(CCN2CCC(O)(c3ccccc3)CC2)c2ccc(Cl)c(Cl)c2)c1. The molecule has 1 unspecified atom stereocenters. The van der Waals surface area contributed by atoms with E-state index in [1.54, 1.807) is 6.07 Å². The van der Waals surface area contributed by atoms with E-state index in [1.165, 1.54) is 11.1 Å². The number of hydrogen-bond donors (Lipinski definition) is 2. The third kappa shape index (κ3) is 7.43. The van der Waals surface area contributed by atoms with E-state index in [2.05, 4.69) is 36.9 Å². The van der Waals surface area contributed by atoms with Crippen molar-refractivity contribution < 1.29 is 9.84 Å². The highest BCUT2D eigenvalue weighted by atomic mass is 35.5. The quantitative estimate of drug-likeness (QED) is 0.266. The van der Waals surface area contributed by atoms with Crippen LogP contribution in [0.2, 0.25) is 10.0 Å². The van der Waals surface area contributed by atoms with Crippen LogP contribution in [-0.4, -0.2) is 42.0 Å². The molecule has 2 N–H and O–H groups in total. The first-order chi connectivity index (χ1) is 17.7. The monoisotopic (exact) mass is 538 g/mol. The van der Waals surface area contributed by atoms with Crippen LogP contribution >= 0.6 is 23.2 Å². The molecule has 1 atom stereocenters. The summed E-state index contributed by atoms with van der Waals surface area (Å²) in [7, 11) is 0. The zero-order chi connectivity index (χ0) is 26.4. The number of halogens is 2. The van der Waals surface area contributed by atoms with Crippen LogP contribution in [0.5, 0.6) is 0 Å². The van der Waals surface area contributed by atoms with Gasteiger partial charge in [0.1, 0.15) is 0 Å². The minimum atomic E-state index is -0.768. The Kier molecular flexibility index (Phi) is 9.44. The fraction of sp³-hybridized carbons (Fsp3) is 0.387. The molecule has 0 aliphatic carbocycles. The number of ether oxygens (including phenoxy) is 1. The van der Waals surface area contributed by atoms with Crippen molar-refractivity contribution >= 4 is 28.9 Å². The summed E-state index contributed by atoms with van der Waals surface area (Å²) in [6.45, 7) is 7.36. The number of nitrogens with one attached hydrogen (secondary N) is 1. The smallest absolute Gasteiger partial charge is 0.0920 e. The molecule has 1 heterocycles. The van der Waals surface area contributed by atoms with E-state index in [1.807, 2.05) is 42.5 Å². The summed E-state index contributed by atoms with van der Waals surface area (Å²) < 4.78 is 5.99. The number of hydrogen-bond acceptors (Lipinski definition) is 4. The molecule has 0 spiro atoms. The molecule has 3 aromatic carbocycles. The van der Waals surface area contributed by atoms with E-state index in [0.717, 1.165) is 42.7 Å². The van der Waals surface area contributed by atoms with Crippen molar-refractivity contribution in [2.45, 2.75) is 51.2 Å². The Morgan fingerprint density at radius 2 is 1.65 bits per heavy atom. The van der Waals surface area contributed by atoms with Gasteiger partial charge in [-0.05, 0) is 68.5 Å². The van der Waals surface area contributed by atoms with Gasteiger partial charge in [-0.1, -0.05) is 88.9 Å². The lowest BCUT2D eigenvalue weighted by Gasteiger charge is -2.39. The maximum Gasteiger partial charge on any atom is 0.0920 e. The van der Waals surface area contributed by atoms with Gasteiger partial charge in [-0.2, -0.15) is 0 Å². The molecular weight excluding hydrogens is 503 g/mol. The summed E-state index contributed by atoms with van der Waals surface area (Å²) in [6.07, 6.45) is 2.17. The molecule has 37 heavy (non-hydrogen) atoms. The zero-order valence-electron chi connectivity index (χ0n) is 21.6. The highest BCUT2D eigenvalue weighted by Gasteiger charge is 2.34. The number of likely N-dealkylation sites (tertiary alicyclic amines) is 1. The van der Waals surface area contributed by atoms with Gasteiger partial charge in [-0.3, -0.25) is 0 Å². The van der Waals surface area contributed by atoms with Gasteiger partial charge in [0.05, 0.1) is 28.9 Å². The van der Waals surface area contributed by atoms with Gasteiger partial charge in [0.25, 0.3) is 0 Å². The second kappa shape index (κ2) is 12.6. The molecule has 196 valence electrons. The van der Waals surface area contributed by atoms with Crippen molar-refractivity contribution in [3.05, 3.63) is 105 Å². The summed E-state index contributed by atoms with van der Waals surface area (Å²) in [6, 6.07) is 22.0. The molecule has 1 aliphatic rings. The lowest BCUT2D eigenvalue weighted by atomic mass is 9.84. The predicted molar refractivity (Wildman–Crippen MR) is 153 cm³/mol. The Hall–Kier alpha value is -2.21. The number of nitrogens with zero attached hydrogens (tertiary/aromatic N) is 1. The van der Waals surface area contributed by atoms with Crippen LogP contribution in [0, 0.1) is 19.3 Å². The Balaban J connectivity index is 1.38. The summed E-state index contributed by atoms with van der Waals surface area (Å²) in [5, 5.41) is 21.1. The molecule has 4 rings (SSSR count). The molecular formula is C31H36Cl2N2O2. The fourth-order valence-electron chi connectivity index (χ4n) is 5.30. The second-order valence-electron chi connectivity index (χ2n) is 10.3. The topological polar surface area (TPSA) is 56.5 Å². The summed E-state index contributed by atoms with van der Waals surface area (Å²) in [4.78, 5) is 2.38. The lowest BCUT2D eigenvalue weighted by molar-refractivity contribution is -0.0261. The van der Waals surface area contributed by atoms with E-state index >= 15 is 0 Å². The molecule has 4 nitrogen and oxygen atoms in total. The predicted octanol–water partition coefficient (Wildman–Crippen LogP) is 7.30. The van der Waals surface area contributed by atoms with E-state index in [-0.39, 0.29) is 12.5 Å². The minimum absolute atomic E-state index is 0.121. The summed E-state index contributed by atoms with van der Waals surface area (Å²) >= 11 is 12.5. The van der Waals surface area contributed by atoms with E-state index in [0.29, 0.717) is 35.2 Å². The highest BCUT2D eigenvalue weighted by Crippen LogP contribution is 2.34. The number of benzene rings is 3. The lowest BCUT2D eigenvalue weighted by Crippen LogP contribution is -2.43. The molecule has 1 aliphatic heterocycles. The van der Waals surface area contributed by atoms with Gasteiger partial charge in [0.15, 0.2) is 0 Å². The maximum absolute atomic E-state index is 11.2. The van der Waals surface area contributed by atoms with Crippen molar-refractivity contribution in [2.75, 3.05) is 26.2 Å². The van der Waals surface area contributed by atoms with E-state index in [9.17, 15) is 5.11 Å². The highest BCUT2D eigenvalue weighted by molar-refractivity contribution is 6.42. The average Bonchev–Trinajstić information content (AvgIpc) is 2.87. The van der Waals surface area contributed by atoms with Gasteiger partial charge in [-0.25, -0.2) is 0 Å². The normalized spacial score (nSPS) is 16.5. The molecule has 1 fully saturated rings. The van der Waals surface area contributed by atoms with Gasteiger partial charge in [0, 0.05) is 24.7 Å². The largest absolute Gasteiger partial charge is 0.385 e. The van der Waals surface area contributed by atoms with E-state index in [4.69, 9.17) is 33.3 Å². The van der Waals surface area contributed by atoms with Crippen LogP contribution in [0.15, 0.2) is 66.7 Å². The van der Waals surface area contributed by atoms with Crippen molar-refractivity contribution in [1.82, 2.24) is 4.90 Å². The first kappa shape index (κ1) is 27.8. The van der Waals surface area contributed by atoms with Crippen molar-refractivity contribution in [2.24, 2.45) is 0 Å². The van der Waals surface area contributed by atoms with Crippen LogP contribution in [-0.2, 0) is 16.9 Å². The summed E-state index contributed by atoms with van der Waals surface area (Å²) in [5.41, 5.74) is 5.27. The van der Waals surface area contributed by atoms with Crippen LogP contribution in [0.1, 0.15) is 53.0 Å². The first-order valence-electron chi connectivity index (χ1n) is 12.9. The molecule has 1 saturated heterocycles. The van der Waals surface area contributed by atoms with Crippen LogP contribution < -0.4 is 0 Å². The van der Waals surface area contributed by atoms with Crippen LogP contribution in [0.3, 0.4) is 0 Å². The average molecular weight is 540 g/mol. The van der Waals surface area contributed by atoms with Crippen molar-refractivity contribution in [1.29, 1.82) is 5.41 Å². The fourth-order valence-corrected chi connectivity index (χ4v) is 5.60. The standard InChI is InChI=1S/C31H36Cl2N2O2/c1-22-16-23(2)18-24(17-22)20-37-21-30(34)27(25-8-9-28(32)29(33)19-25)10-13-35-14-11-31(36,12-15-35)26-6-4-3-5-7-26/h3-9,16-19,27,34,36H,10-15,20-21H2,1-2H3. The Morgan fingerprint density at radius 3 is 2.30 bits per heavy atom. The molecule has 0 aromatic heterocycles. The molecule has 0 amide bonds. The second-order valence-corrected chi connectivity index (χ2v) is 11.1. The molecule has 0 bridgehead atoms. The number of aliphatic hydroxyl groups is 1. The Morgan fingerprint density at radius 1 is 0.973 bits per heavy atom. The Labute approximate surface area is 230 Å². The minimum Gasteiger partial charge on any atom is -0.385 e. The molecule has 3 aromatic rings. The van der Waals surface area contributed by atoms with Gasteiger partial charge < -0.3 is 20.2 Å². The Bertz CT molecular complexity index is 1190.